The van der Waals surface area contributed by atoms with Gasteiger partial charge in [0, 0.05) is 28.3 Å². The first-order valence-electron chi connectivity index (χ1n) is 5.31. The van der Waals surface area contributed by atoms with E-state index in [4.69, 9.17) is 5.53 Å². The molecule has 2 rings (SSSR count). The van der Waals surface area contributed by atoms with E-state index in [1.807, 2.05) is 6.07 Å². The van der Waals surface area contributed by atoms with Crippen molar-refractivity contribution in [2.45, 2.75) is 0 Å². The minimum absolute atomic E-state index is 0.520. The van der Waals surface area contributed by atoms with Crippen molar-refractivity contribution in [2.24, 2.45) is 5.11 Å². The van der Waals surface area contributed by atoms with Gasteiger partial charge in [-0.25, -0.2) is 0 Å². The third kappa shape index (κ3) is 2.87. The molecule has 0 aromatic heterocycles. The van der Waals surface area contributed by atoms with Crippen LogP contribution in [-0.2, 0) is 0 Å². The molecule has 0 spiro atoms. The SMILES string of the molecule is [N-]=[N+]=Nc1ccc(C=[N+]([O-])c2ccccc2)cc1. The predicted molar refractivity (Wildman–Crippen MR) is 70.1 cm³/mol. The van der Waals surface area contributed by atoms with Crippen molar-refractivity contribution >= 4 is 17.6 Å². The Kier molecular flexibility index (Phi) is 3.59. The maximum absolute atomic E-state index is 11.8. The van der Waals surface area contributed by atoms with Crippen LogP contribution < -0.4 is 0 Å². The Bertz CT molecular complexity index is 599. The van der Waals surface area contributed by atoms with Crippen molar-refractivity contribution in [1.82, 2.24) is 0 Å². The van der Waals surface area contributed by atoms with Gasteiger partial charge in [0.25, 0.3) is 0 Å². The summed E-state index contributed by atoms with van der Waals surface area (Å²) in [6.07, 6.45) is 1.47. The molecule has 5 heteroatoms. The molecule has 0 heterocycles. The van der Waals surface area contributed by atoms with Gasteiger partial charge >= 0.3 is 0 Å². The Morgan fingerprint density at radius 2 is 1.72 bits per heavy atom. The molecule has 0 saturated carbocycles. The van der Waals surface area contributed by atoms with Gasteiger partial charge in [-0.15, -0.1) is 0 Å². The standard InChI is InChI=1S/C13H10N4O/c14-16-15-12-8-6-11(7-9-12)10-17(18)13-4-2-1-3-5-13/h1-10H. The number of nitrogens with zero attached hydrogens (tertiary/aromatic N) is 4. The van der Waals surface area contributed by atoms with Gasteiger partial charge in [-0.1, -0.05) is 35.4 Å². The second-order valence-electron chi connectivity index (χ2n) is 3.57. The van der Waals surface area contributed by atoms with Gasteiger partial charge in [-0.2, -0.15) is 4.74 Å². The van der Waals surface area contributed by atoms with E-state index in [-0.39, 0.29) is 0 Å². The highest BCUT2D eigenvalue weighted by atomic mass is 16.5. The summed E-state index contributed by atoms with van der Waals surface area (Å²) in [5, 5.41) is 15.3. The Balaban J connectivity index is 2.25. The van der Waals surface area contributed by atoms with E-state index in [1.54, 1.807) is 48.5 Å². The number of para-hydroxylation sites is 1. The number of benzene rings is 2. The van der Waals surface area contributed by atoms with Gasteiger partial charge in [0.2, 0.25) is 5.69 Å². The topological polar surface area (TPSA) is 74.8 Å². The summed E-state index contributed by atoms with van der Waals surface area (Å²) in [4.78, 5) is 2.69. The van der Waals surface area contributed by atoms with Gasteiger partial charge in [-0.05, 0) is 17.7 Å². The first-order chi connectivity index (χ1) is 8.79. The normalized spacial score (nSPS) is 10.8. The molecule has 0 amide bonds. The second kappa shape index (κ2) is 5.52. The summed E-state index contributed by atoms with van der Waals surface area (Å²) in [5.74, 6) is 0. The van der Waals surface area contributed by atoms with Crippen LogP contribution in [-0.4, -0.2) is 11.0 Å². The zero-order chi connectivity index (χ0) is 12.8. The Morgan fingerprint density at radius 3 is 2.33 bits per heavy atom. The Labute approximate surface area is 104 Å². The lowest BCUT2D eigenvalue weighted by Gasteiger charge is -2.02. The molecule has 88 valence electrons. The fraction of sp³-hybridized carbons (Fsp3) is 0. The third-order valence-electron chi connectivity index (χ3n) is 2.33. The molecule has 0 bridgehead atoms. The van der Waals surface area contributed by atoms with Crippen molar-refractivity contribution in [2.75, 3.05) is 0 Å². The molecule has 0 unspecified atom stereocenters. The monoisotopic (exact) mass is 238 g/mol. The molecule has 2 aromatic rings. The maximum Gasteiger partial charge on any atom is 0.216 e. The molecule has 0 atom stereocenters. The zero-order valence-electron chi connectivity index (χ0n) is 9.47. The molecule has 0 aliphatic rings. The van der Waals surface area contributed by atoms with E-state index >= 15 is 0 Å². The molecule has 5 nitrogen and oxygen atoms in total. The summed E-state index contributed by atoms with van der Waals surface area (Å²) in [5.41, 5.74) is 10.1. The van der Waals surface area contributed by atoms with Crippen molar-refractivity contribution in [3.63, 3.8) is 0 Å². The van der Waals surface area contributed by atoms with Crippen molar-refractivity contribution in [1.29, 1.82) is 0 Å². The van der Waals surface area contributed by atoms with E-state index in [1.165, 1.54) is 6.21 Å². The summed E-state index contributed by atoms with van der Waals surface area (Å²) in [6, 6.07) is 15.7. The van der Waals surface area contributed by atoms with Gasteiger partial charge in [0.05, 0.1) is 0 Å². The molecular weight excluding hydrogens is 228 g/mol. The highest BCUT2D eigenvalue weighted by Gasteiger charge is 1.99. The molecule has 0 fully saturated rings. The first kappa shape index (κ1) is 11.7. The van der Waals surface area contributed by atoms with Gasteiger partial charge < -0.3 is 5.21 Å². The molecule has 0 radical (unpaired) electrons. The third-order valence-corrected chi connectivity index (χ3v) is 2.33. The van der Waals surface area contributed by atoms with Gasteiger partial charge in [0.15, 0.2) is 6.21 Å². The summed E-state index contributed by atoms with van der Waals surface area (Å²) in [7, 11) is 0. The lowest BCUT2D eigenvalue weighted by molar-refractivity contribution is -0.354. The van der Waals surface area contributed by atoms with E-state index in [9.17, 15) is 5.21 Å². The van der Waals surface area contributed by atoms with Crippen LogP contribution >= 0.6 is 0 Å². The number of rotatable bonds is 3. The van der Waals surface area contributed by atoms with Crippen LogP contribution in [0.1, 0.15) is 5.56 Å². The predicted octanol–water partition coefficient (Wildman–Crippen LogP) is 3.89. The van der Waals surface area contributed by atoms with Gasteiger partial charge in [0.1, 0.15) is 0 Å². The molecule has 0 aliphatic heterocycles. The van der Waals surface area contributed by atoms with E-state index in [0.717, 1.165) is 10.3 Å². The summed E-state index contributed by atoms with van der Waals surface area (Å²) >= 11 is 0. The van der Waals surface area contributed by atoms with Crippen LogP contribution in [0.15, 0.2) is 59.7 Å². The number of azide groups is 1. The Hall–Kier alpha value is -2.78. The molecular formula is C13H10N4O. The van der Waals surface area contributed by atoms with Gasteiger partial charge in [-0.3, -0.25) is 0 Å². The quantitative estimate of drug-likeness (QED) is 0.152. The molecule has 0 saturated heterocycles. The largest absolute Gasteiger partial charge is 0.618 e. The van der Waals surface area contributed by atoms with Crippen LogP contribution in [0.25, 0.3) is 10.4 Å². The maximum atomic E-state index is 11.8. The molecule has 0 aliphatic carbocycles. The fourth-order valence-corrected chi connectivity index (χ4v) is 1.46. The summed E-state index contributed by atoms with van der Waals surface area (Å²) in [6.45, 7) is 0. The average molecular weight is 238 g/mol. The molecule has 18 heavy (non-hydrogen) atoms. The highest BCUT2D eigenvalue weighted by molar-refractivity contribution is 5.77. The van der Waals surface area contributed by atoms with Crippen molar-refractivity contribution in [3.8, 4) is 0 Å². The number of hydrogen-bond donors (Lipinski definition) is 0. The van der Waals surface area contributed by atoms with Crippen molar-refractivity contribution < 1.29 is 4.74 Å². The fourth-order valence-electron chi connectivity index (χ4n) is 1.46. The number of hydrogen-bond acceptors (Lipinski definition) is 2. The Morgan fingerprint density at radius 1 is 1.06 bits per heavy atom. The van der Waals surface area contributed by atoms with Crippen molar-refractivity contribution in [3.05, 3.63) is 75.8 Å². The molecule has 0 N–H and O–H groups in total. The van der Waals surface area contributed by atoms with E-state index in [0.29, 0.717) is 11.4 Å². The van der Waals surface area contributed by atoms with Crippen LogP contribution in [0.5, 0.6) is 0 Å². The minimum Gasteiger partial charge on any atom is -0.618 e. The molecule has 2 aromatic carbocycles. The van der Waals surface area contributed by atoms with Crippen LogP contribution in [0.3, 0.4) is 0 Å². The second-order valence-corrected chi connectivity index (χ2v) is 3.57. The lowest BCUT2D eigenvalue weighted by atomic mass is 10.2. The van der Waals surface area contributed by atoms with E-state index < -0.39 is 0 Å². The average Bonchev–Trinajstić information content (AvgIpc) is 2.42. The van der Waals surface area contributed by atoms with Crippen LogP contribution in [0.4, 0.5) is 11.4 Å². The summed E-state index contributed by atoms with van der Waals surface area (Å²) < 4.78 is 0.794. The lowest BCUT2D eigenvalue weighted by Crippen LogP contribution is -1.98. The van der Waals surface area contributed by atoms with Crippen LogP contribution in [0.2, 0.25) is 0 Å². The minimum atomic E-state index is 0.520. The van der Waals surface area contributed by atoms with E-state index in [2.05, 4.69) is 10.0 Å². The zero-order valence-corrected chi connectivity index (χ0v) is 9.47. The smallest absolute Gasteiger partial charge is 0.216 e. The van der Waals surface area contributed by atoms with Crippen LogP contribution in [0, 0.1) is 5.21 Å². The first-order valence-corrected chi connectivity index (χ1v) is 5.31. The highest BCUT2D eigenvalue weighted by Crippen LogP contribution is 2.13.